The fraction of sp³-hybridized carbons (Fsp3) is 0.341. The van der Waals surface area contributed by atoms with Gasteiger partial charge in [0, 0.05) is 50.7 Å². The molecule has 0 unspecified atom stereocenters. The Balaban J connectivity index is 0.00000352. The van der Waals surface area contributed by atoms with E-state index in [1.165, 1.54) is 11.1 Å². The summed E-state index contributed by atoms with van der Waals surface area (Å²) < 4.78 is 12.3. The maximum atomic E-state index is 13.3. The van der Waals surface area contributed by atoms with Crippen molar-refractivity contribution >= 4 is 65.8 Å². The van der Waals surface area contributed by atoms with Crippen molar-refractivity contribution < 1.29 is 40.7 Å². The zero-order valence-electron chi connectivity index (χ0n) is 34.7. The Morgan fingerprint density at radius 3 is 1.70 bits per heavy atom. The summed E-state index contributed by atoms with van der Waals surface area (Å²) in [5, 5.41) is 8.78. The number of likely N-dealkylation sites (tertiary alicyclic amines) is 1. The molecule has 2 aromatic carbocycles. The second kappa shape index (κ2) is 26.2. The van der Waals surface area contributed by atoms with Crippen LogP contribution in [0.3, 0.4) is 0 Å². The van der Waals surface area contributed by atoms with Gasteiger partial charge in [-0.25, -0.2) is 9.97 Å². The van der Waals surface area contributed by atoms with Gasteiger partial charge in [0.25, 0.3) is 17.7 Å². The number of quaternary nitrogens is 1. The first-order chi connectivity index (χ1) is 29.1. The number of nitrogens with two attached hydrogens (primary N) is 2. The topological polar surface area (TPSA) is 209 Å². The normalized spacial score (nSPS) is 13.8. The van der Waals surface area contributed by atoms with Crippen molar-refractivity contribution in [2.45, 2.75) is 57.7 Å². The minimum atomic E-state index is -0.423. The number of nitrogens with zero attached hydrogens (tertiary/aromatic N) is 5. The van der Waals surface area contributed by atoms with Crippen LogP contribution in [-0.2, 0) is 35.5 Å². The summed E-state index contributed by atoms with van der Waals surface area (Å²) in [5.41, 5.74) is 15.9. The molecule has 6 rings (SSSR count). The molecule has 3 aromatic heterocycles. The van der Waals surface area contributed by atoms with Crippen molar-refractivity contribution in [1.29, 1.82) is 0 Å². The monoisotopic (exact) mass is 942 g/mol. The summed E-state index contributed by atoms with van der Waals surface area (Å²) >= 11 is 6.08. The molecule has 7 N–H and O–H groups in total. The summed E-state index contributed by atoms with van der Waals surface area (Å²) in [6.45, 7) is 4.23. The molecular weight excluding hydrogens is 890 g/mol. The molecule has 0 radical (unpaired) electrons. The molecule has 1 fully saturated rings. The number of aromatic nitrogens is 4. The maximum Gasteiger partial charge on any atom is 0.274 e. The lowest BCUT2D eigenvalue weighted by atomic mass is 9.99. The Kier molecular flexibility index (Phi) is 21.6. The number of carbonyl (C=O) groups is 3. The average molecular weight is 945 g/mol. The van der Waals surface area contributed by atoms with Crippen LogP contribution in [0.2, 0.25) is 5.15 Å². The van der Waals surface area contributed by atoms with Gasteiger partial charge in [0.15, 0.2) is 35.7 Å². The molecule has 63 heavy (non-hydrogen) atoms. The van der Waals surface area contributed by atoms with Crippen molar-refractivity contribution in [3.63, 3.8) is 0 Å². The molecule has 3 amide bonds. The number of pyridine rings is 2. The first kappa shape index (κ1) is 51.9. The van der Waals surface area contributed by atoms with Crippen molar-refractivity contribution in [1.82, 2.24) is 35.9 Å². The van der Waals surface area contributed by atoms with Gasteiger partial charge in [-0.15, -0.1) is 24.8 Å². The van der Waals surface area contributed by atoms with Gasteiger partial charge in [0.1, 0.15) is 11.5 Å². The van der Waals surface area contributed by atoms with E-state index in [4.69, 9.17) is 32.5 Å². The molecule has 338 valence electrons. The van der Waals surface area contributed by atoms with E-state index in [-0.39, 0.29) is 90.8 Å². The van der Waals surface area contributed by atoms with E-state index in [0.29, 0.717) is 24.6 Å². The van der Waals surface area contributed by atoms with Crippen LogP contribution in [-0.4, -0.2) is 87.6 Å². The molecule has 0 bridgehead atoms. The molecule has 5 aromatic rings. The van der Waals surface area contributed by atoms with Gasteiger partial charge in [-0.3, -0.25) is 24.4 Å². The van der Waals surface area contributed by atoms with Crippen LogP contribution in [0.5, 0.6) is 11.5 Å². The van der Waals surface area contributed by atoms with Crippen molar-refractivity contribution in [3.05, 3.63) is 131 Å². The molecule has 0 aliphatic carbocycles. The first-order valence-electron chi connectivity index (χ1n) is 20.1. The number of benzene rings is 2. The number of rotatable bonds is 20. The third-order valence-corrected chi connectivity index (χ3v) is 10.7. The van der Waals surface area contributed by atoms with Gasteiger partial charge < -0.3 is 53.8 Å². The summed E-state index contributed by atoms with van der Waals surface area (Å²) in [6.07, 6.45) is 12.2. The molecule has 1 aliphatic rings. The largest absolute Gasteiger partial charge is 1.00 e. The predicted octanol–water partition coefficient (Wildman–Crippen LogP) is 2.30. The Bertz CT molecular complexity index is 2070. The molecule has 1 atom stereocenters. The number of nitrogens with one attached hydrogen (secondary N) is 3. The van der Waals surface area contributed by atoms with Gasteiger partial charge in [0.05, 0.1) is 32.2 Å². The number of carbonyl (C=O) groups excluding carboxylic acids is 3. The van der Waals surface area contributed by atoms with Crippen molar-refractivity contribution in [2.75, 3.05) is 50.9 Å². The molecular formula is C44H54Cl4N10O5. The van der Waals surface area contributed by atoms with E-state index < -0.39 is 5.91 Å². The Morgan fingerprint density at radius 2 is 1.22 bits per heavy atom. The maximum absolute atomic E-state index is 13.3. The smallest absolute Gasteiger partial charge is 0.274 e. The zero-order chi connectivity index (χ0) is 42.2. The summed E-state index contributed by atoms with van der Waals surface area (Å²) in [4.78, 5) is 54.2. The second-order valence-corrected chi connectivity index (χ2v) is 15.3. The fourth-order valence-corrected chi connectivity index (χ4v) is 7.50. The lowest BCUT2D eigenvalue weighted by molar-refractivity contribution is -0.933. The standard InChI is InChI=1S/C44H51ClN10O5.3ClH/c45-41-43(47)54-42(46)40(53-41)44(58)52-35-10-5-23-55(28-35,21-3-8-31-11-15-36(16-12-31)59-29-38(56)50-26-33-6-1-19-48-24-33)22-4-9-32-13-17-37(18-14-32)60-30-39(57)51-27-34-7-2-20-49-25-34;;;/h1-2,6-7,11-20,24-25,35H,3-5,8-10,21-23,26-30H2,(H6-,46,47,50,51,52,54,56,57,58);3*1H/t35-;;;/m0.../s1. The van der Waals surface area contributed by atoms with Crippen LogP contribution in [0.1, 0.15) is 58.4 Å². The van der Waals surface area contributed by atoms with Crippen molar-refractivity contribution in [2.24, 2.45) is 0 Å². The van der Waals surface area contributed by atoms with E-state index >= 15 is 0 Å². The average Bonchev–Trinajstić information content (AvgIpc) is 3.26. The number of hydrogen-bond acceptors (Lipinski definition) is 11. The van der Waals surface area contributed by atoms with Gasteiger partial charge in [-0.1, -0.05) is 48.0 Å². The molecule has 4 heterocycles. The minimum absolute atomic E-state index is 0. The highest BCUT2D eigenvalue weighted by Crippen LogP contribution is 2.25. The Labute approximate surface area is 391 Å². The van der Waals surface area contributed by atoms with Crippen LogP contribution in [0.25, 0.3) is 0 Å². The SMILES string of the molecule is Cl.Cl.Nc1nc(N)c(C(=O)N[C@H]2CCC[N+](CCCc3ccc(OCC(=O)NCc4cccnc4)cc3)(CCCc3ccc(OCC(=O)NCc4cccnc4)cc3)C2)nc1Cl.[Cl-]. The lowest BCUT2D eigenvalue weighted by Gasteiger charge is -2.45. The highest BCUT2D eigenvalue weighted by molar-refractivity contribution is 6.31. The second-order valence-electron chi connectivity index (χ2n) is 15.0. The Hall–Kier alpha value is -5.45. The lowest BCUT2D eigenvalue weighted by Crippen LogP contribution is -3.00. The van der Waals surface area contributed by atoms with E-state index in [9.17, 15) is 14.4 Å². The number of hydrogen-bond donors (Lipinski definition) is 5. The predicted molar refractivity (Wildman–Crippen MR) is 243 cm³/mol. The number of piperidine rings is 1. The van der Waals surface area contributed by atoms with Gasteiger partial charge in [-0.2, -0.15) is 0 Å². The molecule has 1 aliphatic heterocycles. The summed E-state index contributed by atoms with van der Waals surface area (Å²) in [5.74, 6) is 0.333. The number of anilines is 2. The molecule has 0 saturated carbocycles. The van der Waals surface area contributed by atoms with Crippen LogP contribution in [0.15, 0.2) is 97.6 Å². The number of halogens is 4. The van der Waals surface area contributed by atoms with Crippen molar-refractivity contribution in [3.8, 4) is 11.5 Å². The molecule has 0 spiro atoms. The number of aryl methyl sites for hydroxylation is 2. The van der Waals surface area contributed by atoms with E-state index in [0.717, 1.165) is 80.3 Å². The van der Waals surface area contributed by atoms with Gasteiger partial charge in [-0.05, 0) is 84.3 Å². The number of nitrogen functional groups attached to an aromatic ring is 2. The van der Waals surface area contributed by atoms with Crippen LogP contribution in [0.4, 0.5) is 11.6 Å². The minimum Gasteiger partial charge on any atom is -1.00 e. The van der Waals surface area contributed by atoms with E-state index in [2.05, 4.69) is 35.9 Å². The van der Waals surface area contributed by atoms with Crippen LogP contribution < -0.4 is 49.3 Å². The molecule has 19 heteroatoms. The quantitative estimate of drug-likeness (QED) is 0.0716. The summed E-state index contributed by atoms with van der Waals surface area (Å²) in [6, 6.07) is 23.1. The van der Waals surface area contributed by atoms with Crippen LogP contribution >= 0.6 is 36.4 Å². The summed E-state index contributed by atoms with van der Waals surface area (Å²) in [7, 11) is 0. The Morgan fingerprint density at radius 1 is 0.714 bits per heavy atom. The molecule has 15 nitrogen and oxygen atoms in total. The van der Waals surface area contributed by atoms with Crippen LogP contribution in [0, 0.1) is 0 Å². The van der Waals surface area contributed by atoms with Gasteiger partial charge >= 0.3 is 0 Å². The fourth-order valence-electron chi connectivity index (χ4n) is 7.37. The number of amides is 3. The van der Waals surface area contributed by atoms with Gasteiger partial charge in [0.2, 0.25) is 0 Å². The van der Waals surface area contributed by atoms with E-state index in [1.807, 2.05) is 72.8 Å². The third kappa shape index (κ3) is 16.6. The molecule has 1 saturated heterocycles. The first-order valence-corrected chi connectivity index (χ1v) is 20.5. The highest BCUT2D eigenvalue weighted by Gasteiger charge is 2.35. The highest BCUT2D eigenvalue weighted by atomic mass is 35.5. The zero-order valence-corrected chi connectivity index (χ0v) is 37.9. The van der Waals surface area contributed by atoms with E-state index in [1.54, 1.807) is 24.8 Å². The number of ether oxygens (including phenoxy) is 2. The third-order valence-electron chi connectivity index (χ3n) is 10.5.